The first-order valence-electron chi connectivity index (χ1n) is 9.06. The molecule has 0 spiro atoms. The third-order valence-corrected chi connectivity index (χ3v) is 4.67. The first-order valence-corrected chi connectivity index (χ1v) is 9.06. The highest BCUT2D eigenvalue weighted by molar-refractivity contribution is 6.05. The molecule has 0 aliphatic rings. The van der Waals surface area contributed by atoms with Gasteiger partial charge in [0.15, 0.2) is 5.58 Å². The molecule has 1 amide bonds. The fourth-order valence-corrected chi connectivity index (χ4v) is 3.16. The van der Waals surface area contributed by atoms with Crippen molar-refractivity contribution in [2.24, 2.45) is 0 Å². The fourth-order valence-electron chi connectivity index (χ4n) is 3.16. The van der Waals surface area contributed by atoms with Crippen LogP contribution in [0.1, 0.15) is 27.0 Å². The maximum absolute atomic E-state index is 12.7. The lowest BCUT2D eigenvalue weighted by Gasteiger charge is -2.07. The second-order valence-corrected chi connectivity index (χ2v) is 6.95. The first kappa shape index (κ1) is 17.8. The maximum Gasteiger partial charge on any atom is 0.420 e. The Labute approximate surface area is 162 Å². The molecule has 0 fully saturated rings. The molecule has 0 atom stereocenters. The molecule has 0 bridgehead atoms. The highest BCUT2D eigenvalue weighted by Gasteiger charge is 2.14. The molecule has 0 aliphatic heterocycles. The van der Waals surface area contributed by atoms with E-state index in [0.29, 0.717) is 23.2 Å². The van der Waals surface area contributed by atoms with E-state index in [1.807, 2.05) is 62.4 Å². The standard InChI is InChI=1S/C23H20N2O3/c1-15-6-8-17(9-7-15)14-25-20-13-18(10-11-21(20)28-23(25)27)22(26)24-19-5-3-4-16(2)12-19/h3-13H,14H2,1-2H3,(H,24,26). The highest BCUT2D eigenvalue weighted by Crippen LogP contribution is 2.18. The lowest BCUT2D eigenvalue weighted by atomic mass is 10.1. The van der Waals surface area contributed by atoms with Crippen molar-refractivity contribution in [2.75, 3.05) is 5.32 Å². The molecule has 0 unspecified atom stereocenters. The number of fused-ring (bicyclic) bond motifs is 1. The quantitative estimate of drug-likeness (QED) is 0.573. The van der Waals surface area contributed by atoms with Gasteiger partial charge in [-0.1, -0.05) is 42.0 Å². The average molecular weight is 372 g/mol. The van der Waals surface area contributed by atoms with Crippen LogP contribution in [0.4, 0.5) is 5.69 Å². The van der Waals surface area contributed by atoms with Crippen molar-refractivity contribution in [3.8, 4) is 0 Å². The zero-order chi connectivity index (χ0) is 19.7. The summed E-state index contributed by atoms with van der Waals surface area (Å²) in [5.41, 5.74) is 5.47. The molecule has 0 radical (unpaired) electrons. The normalized spacial score (nSPS) is 10.9. The zero-order valence-electron chi connectivity index (χ0n) is 15.7. The molecule has 1 heterocycles. The number of hydrogen-bond acceptors (Lipinski definition) is 3. The number of benzene rings is 3. The summed E-state index contributed by atoms with van der Waals surface area (Å²) in [7, 11) is 0. The van der Waals surface area contributed by atoms with Crippen molar-refractivity contribution in [1.82, 2.24) is 4.57 Å². The van der Waals surface area contributed by atoms with E-state index in [1.165, 1.54) is 0 Å². The first-order chi connectivity index (χ1) is 13.5. The van der Waals surface area contributed by atoms with E-state index >= 15 is 0 Å². The Morgan fingerprint density at radius 3 is 2.50 bits per heavy atom. The summed E-state index contributed by atoms with van der Waals surface area (Å²) < 4.78 is 6.88. The van der Waals surface area contributed by atoms with Crippen molar-refractivity contribution in [3.63, 3.8) is 0 Å². The Bertz CT molecular complexity index is 1220. The Morgan fingerprint density at radius 1 is 0.964 bits per heavy atom. The van der Waals surface area contributed by atoms with Crippen LogP contribution in [0.15, 0.2) is 75.9 Å². The molecule has 1 aromatic heterocycles. The minimum Gasteiger partial charge on any atom is -0.408 e. The molecule has 4 aromatic rings. The van der Waals surface area contributed by atoms with E-state index in [-0.39, 0.29) is 5.91 Å². The molecule has 28 heavy (non-hydrogen) atoms. The minimum atomic E-state index is -0.438. The summed E-state index contributed by atoms with van der Waals surface area (Å²) in [6.45, 7) is 4.37. The number of hydrogen-bond donors (Lipinski definition) is 1. The van der Waals surface area contributed by atoms with Gasteiger partial charge in [-0.2, -0.15) is 0 Å². The van der Waals surface area contributed by atoms with Crippen LogP contribution in [0, 0.1) is 13.8 Å². The van der Waals surface area contributed by atoms with Gasteiger partial charge in [0.05, 0.1) is 12.1 Å². The molecule has 5 nitrogen and oxygen atoms in total. The molecule has 5 heteroatoms. The minimum absolute atomic E-state index is 0.233. The highest BCUT2D eigenvalue weighted by atomic mass is 16.4. The van der Waals surface area contributed by atoms with Gasteiger partial charge in [-0.25, -0.2) is 4.79 Å². The van der Waals surface area contributed by atoms with Crippen molar-refractivity contribution < 1.29 is 9.21 Å². The third kappa shape index (κ3) is 3.60. The molecular formula is C23H20N2O3. The van der Waals surface area contributed by atoms with Crippen LogP contribution < -0.4 is 11.1 Å². The van der Waals surface area contributed by atoms with Crippen LogP contribution >= 0.6 is 0 Å². The summed E-state index contributed by atoms with van der Waals surface area (Å²) in [5, 5.41) is 2.89. The van der Waals surface area contributed by atoms with E-state index < -0.39 is 5.76 Å². The van der Waals surface area contributed by atoms with Crippen LogP contribution in [0.3, 0.4) is 0 Å². The second kappa shape index (κ2) is 7.19. The Kier molecular flexibility index (Phi) is 4.57. The number of aryl methyl sites for hydroxylation is 2. The van der Waals surface area contributed by atoms with Crippen LogP contribution in [-0.4, -0.2) is 10.5 Å². The second-order valence-electron chi connectivity index (χ2n) is 6.95. The molecule has 4 rings (SSSR count). The van der Waals surface area contributed by atoms with Gasteiger partial charge in [0.1, 0.15) is 0 Å². The SMILES string of the molecule is Cc1ccc(Cn2c(=O)oc3ccc(C(=O)Nc4cccc(C)c4)cc32)cc1. The topological polar surface area (TPSA) is 64.2 Å². The number of carbonyl (C=O) groups excluding carboxylic acids is 1. The molecule has 0 saturated heterocycles. The average Bonchev–Trinajstić information content (AvgIpc) is 2.98. The van der Waals surface area contributed by atoms with Crippen LogP contribution in [0.5, 0.6) is 0 Å². The Morgan fingerprint density at radius 2 is 1.75 bits per heavy atom. The van der Waals surface area contributed by atoms with E-state index in [1.54, 1.807) is 22.8 Å². The van der Waals surface area contributed by atoms with E-state index in [2.05, 4.69) is 5.32 Å². The number of aromatic nitrogens is 1. The molecule has 0 saturated carbocycles. The number of anilines is 1. The number of carbonyl (C=O) groups is 1. The third-order valence-electron chi connectivity index (χ3n) is 4.67. The zero-order valence-corrected chi connectivity index (χ0v) is 15.7. The fraction of sp³-hybridized carbons (Fsp3) is 0.130. The monoisotopic (exact) mass is 372 g/mol. The van der Waals surface area contributed by atoms with Gasteiger partial charge in [0.2, 0.25) is 0 Å². The number of nitrogens with one attached hydrogen (secondary N) is 1. The molecule has 140 valence electrons. The Balaban J connectivity index is 1.67. The van der Waals surface area contributed by atoms with Crippen molar-refractivity contribution >= 4 is 22.7 Å². The number of rotatable bonds is 4. The Hall–Kier alpha value is -3.60. The lowest BCUT2D eigenvalue weighted by molar-refractivity contribution is 0.102. The van der Waals surface area contributed by atoms with Crippen LogP contribution in [-0.2, 0) is 6.54 Å². The van der Waals surface area contributed by atoms with Gasteiger partial charge >= 0.3 is 5.76 Å². The lowest BCUT2D eigenvalue weighted by Crippen LogP contribution is -2.15. The summed E-state index contributed by atoms with van der Waals surface area (Å²) in [4.78, 5) is 25.0. The van der Waals surface area contributed by atoms with E-state index in [4.69, 9.17) is 4.42 Å². The summed E-state index contributed by atoms with van der Waals surface area (Å²) in [5.74, 6) is -0.671. The molecule has 0 aliphatic carbocycles. The van der Waals surface area contributed by atoms with E-state index in [0.717, 1.165) is 22.4 Å². The molecule has 1 N–H and O–H groups in total. The largest absolute Gasteiger partial charge is 0.420 e. The number of oxazole rings is 1. The van der Waals surface area contributed by atoms with Gasteiger partial charge in [0, 0.05) is 11.3 Å². The van der Waals surface area contributed by atoms with Crippen molar-refractivity contribution in [2.45, 2.75) is 20.4 Å². The smallest absolute Gasteiger partial charge is 0.408 e. The summed E-state index contributed by atoms with van der Waals surface area (Å²) >= 11 is 0. The predicted octanol–water partition coefficient (Wildman–Crippen LogP) is 4.51. The summed E-state index contributed by atoms with van der Waals surface area (Å²) in [6, 6.07) is 20.6. The van der Waals surface area contributed by atoms with Gasteiger partial charge in [-0.15, -0.1) is 0 Å². The van der Waals surface area contributed by atoms with E-state index in [9.17, 15) is 9.59 Å². The number of amides is 1. The van der Waals surface area contributed by atoms with Gasteiger partial charge in [-0.3, -0.25) is 9.36 Å². The van der Waals surface area contributed by atoms with Crippen LogP contribution in [0.2, 0.25) is 0 Å². The van der Waals surface area contributed by atoms with Crippen LogP contribution in [0.25, 0.3) is 11.1 Å². The van der Waals surface area contributed by atoms with Gasteiger partial charge in [0.25, 0.3) is 5.91 Å². The van der Waals surface area contributed by atoms with Crippen molar-refractivity contribution in [1.29, 1.82) is 0 Å². The van der Waals surface area contributed by atoms with Gasteiger partial charge < -0.3 is 9.73 Å². The molecule has 3 aromatic carbocycles. The van der Waals surface area contributed by atoms with Crippen molar-refractivity contribution in [3.05, 3.63) is 99.5 Å². The van der Waals surface area contributed by atoms with Gasteiger partial charge in [-0.05, 0) is 55.3 Å². The predicted molar refractivity (Wildman–Crippen MR) is 110 cm³/mol. The molecular weight excluding hydrogens is 352 g/mol. The number of nitrogens with zero attached hydrogens (tertiary/aromatic N) is 1. The maximum atomic E-state index is 12.7. The summed E-state index contributed by atoms with van der Waals surface area (Å²) in [6.07, 6.45) is 0.